The Balaban J connectivity index is 1.50. The Labute approximate surface area is 159 Å². The van der Waals surface area contributed by atoms with Gasteiger partial charge in [0.15, 0.2) is 5.82 Å². The lowest BCUT2D eigenvalue weighted by Crippen LogP contribution is -2.44. The van der Waals surface area contributed by atoms with Gasteiger partial charge in [-0.2, -0.15) is 15.0 Å². The highest BCUT2D eigenvalue weighted by molar-refractivity contribution is 5.58. The summed E-state index contributed by atoms with van der Waals surface area (Å²) >= 11 is 0. The van der Waals surface area contributed by atoms with Gasteiger partial charge in [-0.3, -0.25) is 0 Å². The number of rotatable bonds is 3. The summed E-state index contributed by atoms with van der Waals surface area (Å²) in [4.78, 5) is 18.8. The standard InChI is InChI=1S/C20H25N5O2/c26-15-8-10-24(11-9-15)19-21-18(14-4-2-1-3-5-14)22-20(23-19)25-12-16-6-7-17(13-25)27-16/h1-5,15-17,26H,6-13H2. The third kappa shape index (κ3) is 3.49. The van der Waals surface area contributed by atoms with Crippen molar-refractivity contribution in [3.8, 4) is 11.4 Å². The van der Waals surface area contributed by atoms with Crippen molar-refractivity contribution in [1.82, 2.24) is 15.0 Å². The Hall–Kier alpha value is -2.25. The van der Waals surface area contributed by atoms with Gasteiger partial charge in [0.05, 0.1) is 18.3 Å². The number of ether oxygens (including phenoxy) is 1. The second-order valence-electron chi connectivity index (χ2n) is 7.71. The third-order valence-corrected chi connectivity index (χ3v) is 5.72. The van der Waals surface area contributed by atoms with Crippen LogP contribution in [0.2, 0.25) is 0 Å². The maximum absolute atomic E-state index is 9.83. The van der Waals surface area contributed by atoms with E-state index in [2.05, 4.69) is 9.80 Å². The predicted molar refractivity (Wildman–Crippen MR) is 103 cm³/mol. The maximum Gasteiger partial charge on any atom is 0.230 e. The molecule has 0 saturated carbocycles. The molecule has 2 aromatic rings. The first-order valence-electron chi connectivity index (χ1n) is 9.89. The predicted octanol–water partition coefficient (Wildman–Crippen LogP) is 1.87. The van der Waals surface area contributed by atoms with Crippen molar-refractivity contribution < 1.29 is 9.84 Å². The fourth-order valence-corrected chi connectivity index (χ4v) is 4.20. The van der Waals surface area contributed by atoms with Crippen molar-refractivity contribution >= 4 is 11.9 Å². The van der Waals surface area contributed by atoms with Crippen LogP contribution >= 0.6 is 0 Å². The highest BCUT2D eigenvalue weighted by atomic mass is 16.5. The summed E-state index contributed by atoms with van der Waals surface area (Å²) in [5, 5.41) is 9.83. The van der Waals surface area contributed by atoms with Gasteiger partial charge in [-0.15, -0.1) is 0 Å². The summed E-state index contributed by atoms with van der Waals surface area (Å²) in [6.07, 6.45) is 4.10. The molecule has 5 rings (SSSR count). The molecule has 2 unspecified atom stereocenters. The van der Waals surface area contributed by atoms with E-state index in [9.17, 15) is 5.11 Å². The number of morpholine rings is 1. The number of aliphatic hydroxyl groups is 1. The summed E-state index contributed by atoms with van der Waals surface area (Å²) in [5.74, 6) is 2.16. The Morgan fingerprint density at radius 2 is 1.44 bits per heavy atom. The zero-order valence-corrected chi connectivity index (χ0v) is 15.4. The second-order valence-corrected chi connectivity index (χ2v) is 7.71. The minimum Gasteiger partial charge on any atom is -0.393 e. The summed E-state index contributed by atoms with van der Waals surface area (Å²) in [7, 11) is 0. The van der Waals surface area contributed by atoms with Gasteiger partial charge in [0.25, 0.3) is 0 Å². The topological polar surface area (TPSA) is 74.6 Å². The van der Waals surface area contributed by atoms with E-state index < -0.39 is 0 Å². The van der Waals surface area contributed by atoms with E-state index in [0.29, 0.717) is 11.8 Å². The second kappa shape index (κ2) is 7.05. The fourth-order valence-electron chi connectivity index (χ4n) is 4.20. The normalized spacial score (nSPS) is 25.8. The molecular weight excluding hydrogens is 342 g/mol. The molecule has 0 amide bonds. The molecule has 4 heterocycles. The zero-order valence-electron chi connectivity index (χ0n) is 15.4. The molecule has 3 fully saturated rings. The van der Waals surface area contributed by atoms with Crippen molar-refractivity contribution in [3.63, 3.8) is 0 Å². The lowest BCUT2D eigenvalue weighted by molar-refractivity contribution is 0.0299. The van der Waals surface area contributed by atoms with Crippen LogP contribution in [0.25, 0.3) is 11.4 Å². The molecule has 2 atom stereocenters. The number of fused-ring (bicyclic) bond motifs is 2. The summed E-state index contributed by atoms with van der Waals surface area (Å²) in [6, 6.07) is 10.1. The van der Waals surface area contributed by atoms with Gasteiger partial charge in [-0.25, -0.2) is 0 Å². The molecule has 142 valence electrons. The van der Waals surface area contributed by atoms with Crippen LogP contribution in [0.5, 0.6) is 0 Å². The van der Waals surface area contributed by atoms with Gasteiger partial charge in [-0.1, -0.05) is 30.3 Å². The maximum atomic E-state index is 9.83. The smallest absolute Gasteiger partial charge is 0.230 e. The molecule has 7 heteroatoms. The molecule has 1 N–H and O–H groups in total. The summed E-state index contributed by atoms with van der Waals surface area (Å²) in [5.41, 5.74) is 0.996. The average Bonchev–Trinajstić information content (AvgIpc) is 3.06. The molecule has 3 saturated heterocycles. The molecule has 1 aromatic heterocycles. The van der Waals surface area contributed by atoms with Crippen LogP contribution in [-0.2, 0) is 4.74 Å². The number of nitrogens with zero attached hydrogens (tertiary/aromatic N) is 5. The van der Waals surface area contributed by atoms with E-state index in [1.54, 1.807) is 0 Å². The van der Waals surface area contributed by atoms with Crippen LogP contribution < -0.4 is 9.80 Å². The lowest BCUT2D eigenvalue weighted by Gasteiger charge is -2.34. The number of hydrogen-bond donors (Lipinski definition) is 1. The van der Waals surface area contributed by atoms with E-state index >= 15 is 0 Å². The van der Waals surface area contributed by atoms with Crippen LogP contribution in [0.3, 0.4) is 0 Å². The van der Waals surface area contributed by atoms with Crippen LogP contribution in [0.15, 0.2) is 30.3 Å². The molecule has 3 aliphatic rings. The van der Waals surface area contributed by atoms with Gasteiger partial charge in [-0.05, 0) is 25.7 Å². The first-order chi connectivity index (χ1) is 13.2. The highest BCUT2D eigenvalue weighted by Gasteiger charge is 2.35. The molecule has 7 nitrogen and oxygen atoms in total. The van der Waals surface area contributed by atoms with Gasteiger partial charge < -0.3 is 19.6 Å². The monoisotopic (exact) mass is 367 g/mol. The number of aromatic nitrogens is 3. The van der Waals surface area contributed by atoms with Gasteiger partial charge in [0, 0.05) is 31.7 Å². The largest absolute Gasteiger partial charge is 0.393 e. The minimum atomic E-state index is -0.217. The Morgan fingerprint density at radius 1 is 0.815 bits per heavy atom. The van der Waals surface area contributed by atoms with E-state index in [1.807, 2.05) is 30.3 Å². The molecule has 2 bridgehead atoms. The molecule has 1 aromatic carbocycles. The van der Waals surface area contributed by atoms with Crippen molar-refractivity contribution in [3.05, 3.63) is 30.3 Å². The van der Waals surface area contributed by atoms with Crippen molar-refractivity contribution in [2.24, 2.45) is 0 Å². The van der Waals surface area contributed by atoms with Crippen molar-refractivity contribution in [2.75, 3.05) is 36.0 Å². The number of aliphatic hydroxyl groups excluding tert-OH is 1. The van der Waals surface area contributed by atoms with Crippen LogP contribution in [0.4, 0.5) is 11.9 Å². The number of piperidine rings is 1. The van der Waals surface area contributed by atoms with Gasteiger partial charge in [0.1, 0.15) is 0 Å². The van der Waals surface area contributed by atoms with Crippen LogP contribution in [0.1, 0.15) is 25.7 Å². The Kier molecular flexibility index (Phi) is 4.41. The first-order valence-corrected chi connectivity index (χ1v) is 9.89. The third-order valence-electron chi connectivity index (χ3n) is 5.72. The Bertz CT molecular complexity index is 782. The van der Waals surface area contributed by atoms with E-state index in [1.165, 1.54) is 0 Å². The molecule has 0 radical (unpaired) electrons. The zero-order chi connectivity index (χ0) is 18.2. The lowest BCUT2D eigenvalue weighted by atomic mass is 10.1. The van der Waals surface area contributed by atoms with Crippen molar-refractivity contribution in [1.29, 1.82) is 0 Å². The minimum absolute atomic E-state index is 0.217. The molecule has 27 heavy (non-hydrogen) atoms. The van der Waals surface area contributed by atoms with Crippen LogP contribution in [-0.4, -0.2) is 64.5 Å². The summed E-state index contributed by atoms with van der Waals surface area (Å²) < 4.78 is 5.97. The number of benzene rings is 1. The van der Waals surface area contributed by atoms with Crippen LogP contribution in [0, 0.1) is 0 Å². The first kappa shape index (κ1) is 16.9. The van der Waals surface area contributed by atoms with Gasteiger partial charge >= 0.3 is 0 Å². The van der Waals surface area contributed by atoms with E-state index in [-0.39, 0.29) is 18.3 Å². The highest BCUT2D eigenvalue weighted by Crippen LogP contribution is 2.30. The van der Waals surface area contributed by atoms with Gasteiger partial charge in [0.2, 0.25) is 11.9 Å². The molecule has 0 spiro atoms. The SMILES string of the molecule is OC1CCN(c2nc(-c3ccccc3)nc(N3CC4CCC(C3)O4)n2)CC1. The fraction of sp³-hybridized carbons (Fsp3) is 0.550. The van der Waals surface area contributed by atoms with E-state index in [4.69, 9.17) is 19.7 Å². The Morgan fingerprint density at radius 3 is 2.11 bits per heavy atom. The van der Waals surface area contributed by atoms with E-state index in [0.717, 1.165) is 63.4 Å². The molecule has 0 aliphatic carbocycles. The number of hydrogen-bond acceptors (Lipinski definition) is 7. The summed E-state index contributed by atoms with van der Waals surface area (Å²) in [6.45, 7) is 3.22. The average molecular weight is 367 g/mol. The van der Waals surface area contributed by atoms with Crippen molar-refractivity contribution in [2.45, 2.75) is 44.0 Å². The quantitative estimate of drug-likeness (QED) is 0.888. The number of anilines is 2. The molecular formula is C20H25N5O2. The molecule has 3 aliphatic heterocycles.